The van der Waals surface area contributed by atoms with E-state index in [9.17, 15) is 14.4 Å². The highest BCUT2D eigenvalue weighted by Crippen LogP contribution is 2.23. The quantitative estimate of drug-likeness (QED) is 0.353. The van der Waals surface area contributed by atoms with Crippen molar-refractivity contribution in [2.75, 3.05) is 7.11 Å². The summed E-state index contributed by atoms with van der Waals surface area (Å²) >= 11 is 0. The van der Waals surface area contributed by atoms with Gasteiger partial charge in [-0.3, -0.25) is 14.7 Å². The summed E-state index contributed by atoms with van der Waals surface area (Å²) in [7, 11) is 1.27. The molecule has 1 heterocycles. The van der Waals surface area contributed by atoms with Crippen LogP contribution in [0.15, 0.2) is 58.4 Å². The summed E-state index contributed by atoms with van der Waals surface area (Å²) in [6, 6.07) is 13.9. The Bertz CT molecular complexity index is 1270. The molecule has 0 atom stereocenters. The van der Waals surface area contributed by atoms with Crippen molar-refractivity contribution in [2.24, 2.45) is 5.10 Å². The molecule has 8 nitrogen and oxygen atoms in total. The van der Waals surface area contributed by atoms with Crippen LogP contribution in [0.25, 0.3) is 5.69 Å². The maximum absolute atomic E-state index is 13.1. The van der Waals surface area contributed by atoms with E-state index in [0.29, 0.717) is 22.7 Å². The number of rotatable bonds is 5. The average Bonchev–Trinajstić information content (AvgIpc) is 3.10. The van der Waals surface area contributed by atoms with E-state index in [4.69, 9.17) is 0 Å². The number of benzene rings is 2. The summed E-state index contributed by atoms with van der Waals surface area (Å²) in [4.78, 5) is 37.2. The van der Waals surface area contributed by atoms with Crippen LogP contribution >= 0.6 is 0 Å². The second kappa shape index (κ2) is 9.28. The van der Waals surface area contributed by atoms with E-state index in [1.54, 1.807) is 32.0 Å². The molecule has 0 saturated carbocycles. The molecule has 1 aromatic heterocycles. The molecule has 3 rings (SSSR count). The predicted molar refractivity (Wildman–Crippen MR) is 127 cm³/mol. The number of amides is 1. The van der Waals surface area contributed by atoms with Crippen LogP contribution in [0, 0.1) is 6.92 Å². The molecule has 33 heavy (non-hydrogen) atoms. The Hall–Kier alpha value is -3.94. The molecular weight excluding hydrogens is 420 g/mol. The number of hydrogen-bond acceptors (Lipinski definition) is 5. The number of nitrogens with zero attached hydrogens (tertiary/aromatic N) is 2. The van der Waals surface area contributed by atoms with E-state index in [1.807, 2.05) is 24.3 Å². The Morgan fingerprint density at radius 1 is 1.06 bits per heavy atom. The minimum absolute atomic E-state index is 0.0120. The van der Waals surface area contributed by atoms with Crippen LogP contribution < -0.4 is 11.0 Å². The third-order valence-corrected chi connectivity index (χ3v) is 5.30. The van der Waals surface area contributed by atoms with Crippen LogP contribution in [0.1, 0.15) is 65.2 Å². The number of aromatic nitrogens is 2. The highest BCUT2D eigenvalue weighted by Gasteiger charge is 2.18. The maximum atomic E-state index is 13.1. The average molecular weight is 449 g/mol. The molecule has 8 heteroatoms. The van der Waals surface area contributed by atoms with Gasteiger partial charge < -0.3 is 4.74 Å². The smallest absolute Gasteiger partial charge is 0.337 e. The van der Waals surface area contributed by atoms with E-state index in [2.05, 4.69) is 41.1 Å². The van der Waals surface area contributed by atoms with Gasteiger partial charge >= 0.3 is 5.97 Å². The Morgan fingerprint density at radius 3 is 2.30 bits per heavy atom. The Labute approximate surface area is 192 Å². The fourth-order valence-corrected chi connectivity index (χ4v) is 3.43. The Kier molecular flexibility index (Phi) is 6.67. The van der Waals surface area contributed by atoms with Gasteiger partial charge in [-0.2, -0.15) is 5.10 Å². The first-order chi connectivity index (χ1) is 15.5. The van der Waals surface area contributed by atoms with Crippen molar-refractivity contribution in [2.45, 2.75) is 40.0 Å². The number of ether oxygens (including phenoxy) is 1. The lowest BCUT2D eigenvalue weighted by Gasteiger charge is -2.19. The molecule has 0 aliphatic rings. The van der Waals surface area contributed by atoms with E-state index in [0.717, 1.165) is 0 Å². The third kappa shape index (κ3) is 5.11. The number of methoxy groups -OCH3 is 1. The standard InChI is InChI=1S/C25H28N4O4/c1-15(26-27-22(30)17-8-7-9-18(14-17)24(32)33-6)21-16(2)28-29(23(21)31)20-12-10-19(11-13-20)25(3,4)5/h7-14,28H,1-6H3,(H,27,30). The molecule has 0 bridgehead atoms. The number of hydrazone groups is 1. The minimum atomic E-state index is -0.539. The van der Waals surface area contributed by atoms with Gasteiger partial charge in [0.15, 0.2) is 0 Å². The monoisotopic (exact) mass is 448 g/mol. The summed E-state index contributed by atoms with van der Waals surface area (Å²) < 4.78 is 6.13. The van der Waals surface area contributed by atoms with Crippen LogP contribution in [-0.4, -0.2) is 34.5 Å². The highest BCUT2D eigenvalue weighted by atomic mass is 16.5. The molecule has 0 saturated heterocycles. The van der Waals surface area contributed by atoms with Crippen LogP contribution in [0.4, 0.5) is 0 Å². The number of esters is 1. The topological polar surface area (TPSA) is 106 Å². The number of aryl methyl sites for hydroxylation is 1. The molecule has 2 N–H and O–H groups in total. The summed E-state index contributed by atoms with van der Waals surface area (Å²) in [5, 5.41) is 7.18. The lowest BCUT2D eigenvalue weighted by Crippen LogP contribution is -2.23. The summed E-state index contributed by atoms with van der Waals surface area (Å²) in [5.74, 6) is -1.05. The van der Waals surface area contributed by atoms with Gasteiger partial charge in [0.25, 0.3) is 11.5 Å². The van der Waals surface area contributed by atoms with Gasteiger partial charge in [-0.25, -0.2) is 14.9 Å². The van der Waals surface area contributed by atoms with Crippen molar-refractivity contribution < 1.29 is 14.3 Å². The van der Waals surface area contributed by atoms with E-state index < -0.39 is 11.9 Å². The Balaban J connectivity index is 1.84. The van der Waals surface area contributed by atoms with Crippen LogP contribution in [0.2, 0.25) is 0 Å². The van der Waals surface area contributed by atoms with Crippen molar-refractivity contribution in [1.29, 1.82) is 0 Å². The fraction of sp³-hybridized carbons (Fsp3) is 0.280. The van der Waals surface area contributed by atoms with Crippen LogP contribution in [0.3, 0.4) is 0 Å². The van der Waals surface area contributed by atoms with Crippen molar-refractivity contribution in [3.8, 4) is 5.69 Å². The van der Waals surface area contributed by atoms with Gasteiger partial charge in [0.05, 0.1) is 29.6 Å². The Morgan fingerprint density at radius 2 is 1.70 bits per heavy atom. The lowest BCUT2D eigenvalue weighted by molar-refractivity contribution is 0.0600. The molecule has 1 amide bonds. The van der Waals surface area contributed by atoms with E-state index in [1.165, 1.54) is 23.4 Å². The maximum Gasteiger partial charge on any atom is 0.337 e. The summed E-state index contributed by atoms with van der Waals surface area (Å²) in [6.07, 6.45) is 0. The van der Waals surface area contributed by atoms with Crippen molar-refractivity contribution >= 4 is 17.6 Å². The summed E-state index contributed by atoms with van der Waals surface area (Å²) in [6.45, 7) is 9.81. The predicted octanol–water partition coefficient (Wildman–Crippen LogP) is 3.71. The number of H-pyrrole nitrogens is 1. The highest BCUT2D eigenvalue weighted by molar-refractivity contribution is 6.02. The molecule has 0 unspecified atom stereocenters. The van der Waals surface area contributed by atoms with E-state index >= 15 is 0 Å². The molecule has 0 aliphatic carbocycles. The van der Waals surface area contributed by atoms with Crippen molar-refractivity contribution in [3.63, 3.8) is 0 Å². The van der Waals surface area contributed by atoms with Gasteiger partial charge in [0.2, 0.25) is 0 Å². The molecule has 172 valence electrons. The zero-order valence-corrected chi connectivity index (χ0v) is 19.6. The SMILES string of the molecule is COC(=O)c1cccc(C(=O)NN=C(C)c2c(C)[nH]n(-c3ccc(C(C)(C)C)cc3)c2=O)c1. The minimum Gasteiger partial charge on any atom is -0.465 e. The molecule has 0 fully saturated rings. The first-order valence-corrected chi connectivity index (χ1v) is 10.5. The zero-order chi connectivity index (χ0) is 24.3. The molecule has 0 spiro atoms. The number of aromatic amines is 1. The van der Waals surface area contributed by atoms with Crippen LogP contribution in [0.5, 0.6) is 0 Å². The van der Waals surface area contributed by atoms with Gasteiger partial charge in [-0.1, -0.05) is 39.0 Å². The summed E-state index contributed by atoms with van der Waals surface area (Å²) in [5.41, 5.74) is 5.93. The number of hydrogen-bond donors (Lipinski definition) is 2. The van der Waals surface area contributed by atoms with Gasteiger partial charge in [0, 0.05) is 11.3 Å². The molecule has 0 aliphatic heterocycles. The van der Waals surface area contributed by atoms with E-state index in [-0.39, 0.29) is 22.1 Å². The molecule has 2 aromatic carbocycles. The number of carbonyl (C=O) groups excluding carboxylic acids is 2. The first-order valence-electron chi connectivity index (χ1n) is 10.5. The van der Waals surface area contributed by atoms with Crippen molar-refractivity contribution in [1.82, 2.24) is 15.2 Å². The number of carbonyl (C=O) groups is 2. The molecular formula is C25H28N4O4. The lowest BCUT2D eigenvalue weighted by atomic mass is 9.87. The number of nitrogens with one attached hydrogen (secondary N) is 2. The molecule has 3 aromatic rings. The van der Waals surface area contributed by atoms with Gasteiger partial charge in [0.1, 0.15) is 0 Å². The van der Waals surface area contributed by atoms with Crippen LogP contribution in [-0.2, 0) is 10.2 Å². The largest absolute Gasteiger partial charge is 0.465 e. The van der Waals surface area contributed by atoms with Crippen molar-refractivity contribution in [3.05, 3.63) is 86.8 Å². The zero-order valence-electron chi connectivity index (χ0n) is 19.6. The normalized spacial score (nSPS) is 11.9. The van der Waals surface area contributed by atoms with Gasteiger partial charge in [-0.15, -0.1) is 0 Å². The second-order valence-corrected chi connectivity index (χ2v) is 8.76. The molecule has 0 radical (unpaired) electrons. The third-order valence-electron chi connectivity index (χ3n) is 5.30. The second-order valence-electron chi connectivity index (χ2n) is 8.76. The fourth-order valence-electron chi connectivity index (χ4n) is 3.43. The first kappa shape index (κ1) is 23.7. The van der Waals surface area contributed by atoms with Gasteiger partial charge in [-0.05, 0) is 55.2 Å².